The van der Waals surface area contributed by atoms with Crippen LogP contribution in [0, 0.1) is 27.7 Å². The van der Waals surface area contributed by atoms with E-state index in [1.54, 1.807) is 24.3 Å². The number of phenolic OH excluding ortho intramolecular Hbond substituents is 2. The van der Waals surface area contributed by atoms with Crippen LogP contribution in [-0.2, 0) is 0 Å². The molecule has 74 heavy (non-hydrogen) atoms. The molecule has 6 nitrogen and oxygen atoms in total. The lowest BCUT2D eigenvalue weighted by Gasteiger charge is -2.47. The summed E-state index contributed by atoms with van der Waals surface area (Å²) in [6, 6.07) is 77.9. The third kappa shape index (κ3) is 9.00. The van der Waals surface area contributed by atoms with Gasteiger partial charge in [-0.05, 0) is 155 Å². The quantitative estimate of drug-likeness (QED) is 0.0976. The highest BCUT2D eigenvalue weighted by atomic mass is 16.3. The highest BCUT2D eigenvalue weighted by Gasteiger charge is 2.52. The highest BCUT2D eigenvalue weighted by molar-refractivity contribution is 5.83. The number of hydrogen-bond donors (Lipinski definition) is 4. The van der Waals surface area contributed by atoms with Crippen molar-refractivity contribution in [2.24, 2.45) is 0 Å². The highest BCUT2D eigenvalue weighted by Crippen LogP contribution is 2.53. The van der Waals surface area contributed by atoms with Crippen molar-refractivity contribution in [3.8, 4) is 56.0 Å². The molecule has 0 saturated heterocycles. The van der Waals surface area contributed by atoms with Crippen molar-refractivity contribution in [1.82, 2.24) is 0 Å². The van der Waals surface area contributed by atoms with E-state index in [0.29, 0.717) is 22.5 Å². The molecule has 0 heterocycles. The minimum atomic E-state index is -1.09. The summed E-state index contributed by atoms with van der Waals surface area (Å²) < 4.78 is 0. The van der Waals surface area contributed by atoms with Crippen molar-refractivity contribution in [3.63, 3.8) is 0 Å². The van der Waals surface area contributed by atoms with Gasteiger partial charge in [0.15, 0.2) is 0 Å². The molecule has 0 radical (unpaired) electrons. The van der Waals surface area contributed by atoms with Crippen LogP contribution >= 0.6 is 0 Å². The van der Waals surface area contributed by atoms with Gasteiger partial charge in [0.05, 0.1) is 12.2 Å². The van der Waals surface area contributed by atoms with Gasteiger partial charge in [-0.3, -0.25) is 0 Å². The number of rotatable bonds is 12. The van der Waals surface area contributed by atoms with Gasteiger partial charge < -0.3 is 30.2 Å². The first kappa shape index (κ1) is 47.6. The molecule has 10 aromatic rings. The van der Waals surface area contributed by atoms with E-state index in [1.165, 1.54) is 22.3 Å². The molecule has 0 atom stereocenters. The summed E-state index contributed by atoms with van der Waals surface area (Å²) in [7, 11) is 0. The molecule has 6 heteroatoms. The van der Waals surface area contributed by atoms with Gasteiger partial charge in [-0.25, -0.2) is 0 Å². The zero-order chi connectivity index (χ0) is 51.0. The Labute approximate surface area is 434 Å². The fourth-order valence-electron chi connectivity index (χ4n) is 11.0. The van der Waals surface area contributed by atoms with Crippen LogP contribution in [0.15, 0.2) is 231 Å². The maximum Gasteiger partial charge on any atom is 0.121 e. The van der Waals surface area contributed by atoms with E-state index in [0.717, 1.165) is 67.3 Å². The Kier molecular flexibility index (Phi) is 12.9. The molecule has 1 aliphatic carbocycles. The number of nitrogens with zero attached hydrogens (tertiary/aromatic N) is 2. The number of anilines is 6. The number of phenols is 2. The summed E-state index contributed by atoms with van der Waals surface area (Å²) in [6.07, 6.45) is -2.17. The van der Waals surface area contributed by atoms with Gasteiger partial charge in [-0.1, -0.05) is 158 Å². The largest absolute Gasteiger partial charge is 0.508 e. The number of aliphatic hydroxyl groups is 2. The minimum absolute atomic E-state index is 0.0424. The van der Waals surface area contributed by atoms with Crippen LogP contribution in [0.5, 0.6) is 11.5 Å². The first-order valence-corrected chi connectivity index (χ1v) is 25.3. The van der Waals surface area contributed by atoms with Crippen molar-refractivity contribution < 1.29 is 20.4 Å². The van der Waals surface area contributed by atoms with Crippen molar-refractivity contribution >= 4 is 34.1 Å². The summed E-state index contributed by atoms with van der Waals surface area (Å²) in [4.78, 5) is 4.20. The van der Waals surface area contributed by atoms with E-state index in [2.05, 4.69) is 207 Å². The number of hydrogen-bond acceptors (Lipinski definition) is 6. The summed E-state index contributed by atoms with van der Waals surface area (Å²) in [6.45, 7) is 8.45. The van der Waals surface area contributed by atoms with Crippen molar-refractivity contribution in [1.29, 1.82) is 0 Å². The average molecular weight is 967 g/mol. The molecular weight excluding hydrogens is 909 g/mol. The Morgan fingerprint density at radius 2 is 0.514 bits per heavy atom. The van der Waals surface area contributed by atoms with Crippen LogP contribution < -0.4 is 9.80 Å². The lowest BCUT2D eigenvalue weighted by molar-refractivity contribution is -0.0797. The predicted molar refractivity (Wildman–Crippen MR) is 304 cm³/mol. The first-order valence-electron chi connectivity index (χ1n) is 25.3. The number of aliphatic hydroxyl groups excluding tert-OH is 2. The Hall–Kier alpha value is -8.68. The molecule has 11 rings (SSSR count). The van der Waals surface area contributed by atoms with Gasteiger partial charge in [0, 0.05) is 69.2 Å². The normalized spacial score (nSPS) is 16.1. The van der Waals surface area contributed by atoms with Crippen molar-refractivity contribution in [3.05, 3.63) is 264 Å². The summed E-state index contributed by atoms with van der Waals surface area (Å²) >= 11 is 0. The second-order valence-electron chi connectivity index (χ2n) is 19.6. The van der Waals surface area contributed by atoms with Crippen LogP contribution in [0.4, 0.5) is 34.1 Å². The van der Waals surface area contributed by atoms with Crippen molar-refractivity contribution in [2.45, 2.75) is 51.7 Å². The fourth-order valence-corrected chi connectivity index (χ4v) is 11.0. The Morgan fingerprint density at radius 1 is 0.284 bits per heavy atom. The molecule has 0 aliphatic heterocycles. The van der Waals surface area contributed by atoms with Gasteiger partial charge in [-0.15, -0.1) is 0 Å². The molecule has 1 saturated carbocycles. The van der Waals surface area contributed by atoms with E-state index in [-0.39, 0.29) is 11.5 Å². The SMILES string of the molecule is Cc1ccccc1-c1ccc(N(c2ccc(-c3ccccc3C)cc2)c2ccc(C3C(O)C(c4ccc(N(c5ccc(-c6ccccc6C)cc5)c5ccc(-c6ccccc6C)cc5)cc4O)C3O)c(O)c2)cc1. The van der Waals surface area contributed by atoms with Crippen LogP contribution in [0.2, 0.25) is 0 Å². The van der Waals surface area contributed by atoms with E-state index >= 15 is 0 Å². The zero-order valence-electron chi connectivity index (χ0n) is 41.9. The number of benzene rings is 10. The molecule has 0 amide bonds. The summed E-state index contributed by atoms with van der Waals surface area (Å²) in [5.41, 5.74) is 19.7. The molecule has 4 N–H and O–H groups in total. The first-order chi connectivity index (χ1) is 36.0. The fraction of sp³-hybridized carbons (Fsp3) is 0.118. The van der Waals surface area contributed by atoms with Crippen LogP contribution in [0.3, 0.4) is 0 Å². The molecular formula is C68H58N2O4. The molecule has 10 aromatic carbocycles. The van der Waals surface area contributed by atoms with Crippen LogP contribution in [0.25, 0.3) is 44.5 Å². The predicted octanol–water partition coefficient (Wildman–Crippen LogP) is 16.5. The smallest absolute Gasteiger partial charge is 0.121 e. The van der Waals surface area contributed by atoms with Gasteiger partial charge in [-0.2, -0.15) is 0 Å². The molecule has 364 valence electrons. The monoisotopic (exact) mass is 966 g/mol. The summed E-state index contributed by atoms with van der Waals surface area (Å²) in [5.74, 6) is -1.67. The number of aromatic hydroxyl groups is 2. The minimum Gasteiger partial charge on any atom is -0.508 e. The van der Waals surface area contributed by atoms with Crippen LogP contribution in [0.1, 0.15) is 45.2 Å². The Bertz CT molecular complexity index is 3200. The van der Waals surface area contributed by atoms with Gasteiger partial charge >= 0.3 is 0 Å². The van der Waals surface area contributed by atoms with E-state index in [9.17, 15) is 20.4 Å². The van der Waals surface area contributed by atoms with E-state index in [1.807, 2.05) is 36.4 Å². The van der Waals surface area contributed by atoms with E-state index < -0.39 is 24.0 Å². The molecule has 1 aliphatic rings. The lowest BCUT2D eigenvalue weighted by Crippen LogP contribution is -2.51. The Morgan fingerprint density at radius 3 is 0.743 bits per heavy atom. The number of aryl methyl sites for hydroxylation is 4. The maximum absolute atomic E-state index is 11.9. The molecule has 1 fully saturated rings. The zero-order valence-corrected chi connectivity index (χ0v) is 41.9. The molecule has 0 bridgehead atoms. The van der Waals surface area contributed by atoms with Gasteiger partial charge in [0.1, 0.15) is 11.5 Å². The third-order valence-electron chi connectivity index (χ3n) is 15.1. The van der Waals surface area contributed by atoms with Gasteiger partial charge in [0.25, 0.3) is 0 Å². The van der Waals surface area contributed by atoms with Crippen molar-refractivity contribution in [2.75, 3.05) is 9.80 Å². The molecule has 0 aromatic heterocycles. The van der Waals surface area contributed by atoms with Crippen LogP contribution in [-0.4, -0.2) is 32.6 Å². The summed E-state index contributed by atoms with van der Waals surface area (Å²) in [5, 5.41) is 47.6. The second kappa shape index (κ2) is 20.1. The standard InChI is InChI=1S/C68H58N2O4/c1-43-13-5-9-17-57(43)47-21-29-51(30-22-47)69(52-31-23-48(24-32-52)58-18-10-6-14-44(58)2)55-37-39-61(63(71)41-55)65-67(73)66(68(65)74)62-40-38-56(42-64(62)72)70(53-33-25-49(26-34-53)59-19-11-7-15-45(59)3)54-35-27-50(28-36-54)60-20-12-8-16-46(60)4/h5-42,65-68,71-74H,1-4H3. The molecule has 0 spiro atoms. The maximum atomic E-state index is 11.9. The molecule has 0 unspecified atom stereocenters. The topological polar surface area (TPSA) is 87.4 Å². The lowest BCUT2D eigenvalue weighted by atomic mass is 9.63. The van der Waals surface area contributed by atoms with E-state index in [4.69, 9.17) is 0 Å². The average Bonchev–Trinajstić information content (AvgIpc) is 3.42. The third-order valence-corrected chi connectivity index (χ3v) is 15.1. The van der Waals surface area contributed by atoms with Gasteiger partial charge in [0.2, 0.25) is 0 Å². The second-order valence-corrected chi connectivity index (χ2v) is 19.6. The Balaban J connectivity index is 0.884.